The second kappa shape index (κ2) is 9.99. The number of aryl methyl sites for hydroxylation is 1. The number of rotatable bonds is 7. The molecule has 0 radical (unpaired) electrons. The van der Waals surface area contributed by atoms with Gasteiger partial charge in [-0.1, -0.05) is 30.3 Å². The molecule has 0 aliphatic carbocycles. The molecule has 1 N–H and O–H groups in total. The van der Waals surface area contributed by atoms with Crippen LogP contribution in [0.3, 0.4) is 0 Å². The number of hydrazone groups is 1. The summed E-state index contributed by atoms with van der Waals surface area (Å²) in [7, 11) is 3.53. The zero-order chi connectivity index (χ0) is 23.3. The standard InChI is InChI=1S/C24H33N5O3/c1-24(2,3)25-23(31)28(14-15-32-5)17-22(30)29-21(18-10-7-6-8-11-18)16-19(26-29)20-12-9-13-27(20)4/h6-13,21H,14-17H2,1-5H3,(H,25,31)/t21-/m1/s1. The lowest BCUT2D eigenvalue weighted by Crippen LogP contribution is -2.52. The van der Waals surface area contributed by atoms with Gasteiger partial charge in [-0.05, 0) is 38.5 Å². The fourth-order valence-electron chi connectivity index (χ4n) is 3.68. The highest BCUT2D eigenvalue weighted by molar-refractivity contribution is 6.02. The first-order valence-electron chi connectivity index (χ1n) is 10.8. The van der Waals surface area contributed by atoms with Crippen molar-refractivity contribution in [2.75, 3.05) is 26.8 Å². The maximum absolute atomic E-state index is 13.4. The minimum Gasteiger partial charge on any atom is -0.383 e. The van der Waals surface area contributed by atoms with Crippen LogP contribution in [0.4, 0.5) is 4.79 Å². The van der Waals surface area contributed by atoms with Crippen LogP contribution in [0.25, 0.3) is 0 Å². The Labute approximate surface area is 189 Å². The molecule has 0 fully saturated rings. The number of carbonyl (C=O) groups is 2. The van der Waals surface area contributed by atoms with Crippen LogP contribution in [0.15, 0.2) is 53.8 Å². The van der Waals surface area contributed by atoms with Gasteiger partial charge in [-0.15, -0.1) is 0 Å². The Morgan fingerprint density at radius 1 is 1.19 bits per heavy atom. The van der Waals surface area contributed by atoms with E-state index in [2.05, 4.69) is 5.32 Å². The molecule has 8 heteroatoms. The van der Waals surface area contributed by atoms with Crippen molar-refractivity contribution in [3.8, 4) is 0 Å². The number of benzene rings is 1. The van der Waals surface area contributed by atoms with E-state index in [4.69, 9.17) is 9.84 Å². The summed E-state index contributed by atoms with van der Waals surface area (Å²) in [6.07, 6.45) is 2.57. The van der Waals surface area contributed by atoms with Crippen molar-refractivity contribution in [2.45, 2.75) is 38.8 Å². The highest BCUT2D eigenvalue weighted by atomic mass is 16.5. The van der Waals surface area contributed by atoms with E-state index in [1.807, 2.05) is 81.0 Å². The lowest BCUT2D eigenvalue weighted by Gasteiger charge is -2.30. The summed E-state index contributed by atoms with van der Waals surface area (Å²) in [5.41, 5.74) is 2.42. The Morgan fingerprint density at radius 3 is 2.50 bits per heavy atom. The summed E-state index contributed by atoms with van der Waals surface area (Å²) in [5, 5.41) is 9.16. The fraction of sp³-hybridized carbons (Fsp3) is 0.458. The van der Waals surface area contributed by atoms with Gasteiger partial charge in [0.2, 0.25) is 0 Å². The zero-order valence-electron chi connectivity index (χ0n) is 19.5. The van der Waals surface area contributed by atoms with Crippen LogP contribution in [0.1, 0.15) is 44.5 Å². The molecule has 1 aromatic carbocycles. The predicted molar refractivity (Wildman–Crippen MR) is 124 cm³/mol. The van der Waals surface area contributed by atoms with E-state index in [1.54, 1.807) is 7.11 Å². The van der Waals surface area contributed by atoms with E-state index in [0.717, 1.165) is 17.0 Å². The van der Waals surface area contributed by atoms with E-state index in [0.29, 0.717) is 19.6 Å². The lowest BCUT2D eigenvalue weighted by atomic mass is 10.0. The molecule has 3 amide bonds. The van der Waals surface area contributed by atoms with Crippen LogP contribution in [0, 0.1) is 0 Å². The van der Waals surface area contributed by atoms with Crippen LogP contribution in [-0.4, -0.2) is 64.5 Å². The first kappa shape index (κ1) is 23.5. The number of aromatic nitrogens is 1. The third kappa shape index (κ3) is 5.76. The normalized spacial score (nSPS) is 16.1. The average Bonchev–Trinajstić information content (AvgIpc) is 3.36. The first-order chi connectivity index (χ1) is 15.2. The first-order valence-corrected chi connectivity index (χ1v) is 10.8. The van der Waals surface area contributed by atoms with Crippen molar-refractivity contribution in [2.24, 2.45) is 12.1 Å². The van der Waals surface area contributed by atoms with E-state index in [9.17, 15) is 9.59 Å². The third-order valence-corrected chi connectivity index (χ3v) is 5.25. The highest BCUT2D eigenvalue weighted by Crippen LogP contribution is 2.32. The molecule has 1 aliphatic rings. The Bertz CT molecular complexity index is 962. The van der Waals surface area contributed by atoms with Gasteiger partial charge in [-0.25, -0.2) is 9.80 Å². The van der Waals surface area contributed by atoms with E-state index in [-0.39, 0.29) is 24.5 Å². The molecule has 1 aromatic heterocycles. The Kier molecular flexibility index (Phi) is 7.35. The monoisotopic (exact) mass is 439 g/mol. The van der Waals surface area contributed by atoms with Crippen molar-refractivity contribution >= 4 is 17.6 Å². The van der Waals surface area contributed by atoms with Gasteiger partial charge in [0.1, 0.15) is 6.54 Å². The molecule has 1 atom stereocenters. The largest absolute Gasteiger partial charge is 0.383 e. The van der Waals surface area contributed by atoms with Crippen LogP contribution in [0.5, 0.6) is 0 Å². The SMILES string of the molecule is COCCN(CC(=O)N1N=C(c2cccn2C)C[C@@H]1c1ccccc1)C(=O)NC(C)(C)C. The topological polar surface area (TPSA) is 79.2 Å². The molecule has 8 nitrogen and oxygen atoms in total. The number of carbonyl (C=O) groups excluding carboxylic acids is 2. The van der Waals surface area contributed by atoms with Gasteiger partial charge in [0.05, 0.1) is 24.1 Å². The van der Waals surface area contributed by atoms with Gasteiger partial charge in [0, 0.05) is 38.9 Å². The number of urea groups is 1. The van der Waals surface area contributed by atoms with E-state index >= 15 is 0 Å². The quantitative estimate of drug-likeness (QED) is 0.720. The number of methoxy groups -OCH3 is 1. The van der Waals surface area contributed by atoms with Gasteiger partial charge in [0.25, 0.3) is 5.91 Å². The van der Waals surface area contributed by atoms with Crippen LogP contribution in [-0.2, 0) is 16.6 Å². The third-order valence-electron chi connectivity index (χ3n) is 5.25. The second-order valence-corrected chi connectivity index (χ2v) is 9.01. The molecule has 0 saturated heterocycles. The van der Waals surface area contributed by atoms with Crippen molar-refractivity contribution in [3.63, 3.8) is 0 Å². The van der Waals surface area contributed by atoms with Crippen LogP contribution < -0.4 is 5.32 Å². The number of nitrogens with one attached hydrogen (secondary N) is 1. The predicted octanol–water partition coefficient (Wildman–Crippen LogP) is 3.16. The van der Waals surface area contributed by atoms with Gasteiger partial charge in [0.15, 0.2) is 0 Å². The molecular formula is C24H33N5O3. The smallest absolute Gasteiger partial charge is 0.318 e. The van der Waals surface area contributed by atoms with E-state index in [1.165, 1.54) is 9.91 Å². The maximum atomic E-state index is 13.4. The Morgan fingerprint density at radius 2 is 1.91 bits per heavy atom. The van der Waals surface area contributed by atoms with Gasteiger partial charge >= 0.3 is 6.03 Å². The molecule has 3 rings (SSSR count). The minimum absolute atomic E-state index is 0.0848. The summed E-state index contributed by atoms with van der Waals surface area (Å²) < 4.78 is 7.15. The van der Waals surface area contributed by atoms with Crippen molar-refractivity contribution in [1.82, 2.24) is 19.8 Å². The van der Waals surface area contributed by atoms with Crippen molar-refractivity contribution in [1.29, 1.82) is 0 Å². The molecule has 1 aliphatic heterocycles. The number of ether oxygens (including phenoxy) is 1. The maximum Gasteiger partial charge on any atom is 0.318 e. The highest BCUT2D eigenvalue weighted by Gasteiger charge is 2.35. The molecule has 172 valence electrons. The van der Waals surface area contributed by atoms with Crippen LogP contribution in [0.2, 0.25) is 0 Å². The minimum atomic E-state index is -0.413. The number of nitrogens with zero attached hydrogens (tertiary/aromatic N) is 4. The lowest BCUT2D eigenvalue weighted by molar-refractivity contribution is -0.133. The molecule has 0 bridgehead atoms. The number of hydrogen-bond donors (Lipinski definition) is 1. The zero-order valence-corrected chi connectivity index (χ0v) is 19.5. The Hall–Kier alpha value is -3.13. The molecule has 0 saturated carbocycles. The van der Waals surface area contributed by atoms with Gasteiger partial charge in [-0.2, -0.15) is 5.10 Å². The average molecular weight is 440 g/mol. The number of hydrogen-bond acceptors (Lipinski definition) is 4. The van der Waals surface area contributed by atoms with Crippen LogP contribution >= 0.6 is 0 Å². The molecule has 32 heavy (non-hydrogen) atoms. The summed E-state index contributed by atoms with van der Waals surface area (Å²) in [5.74, 6) is -0.233. The number of amides is 3. The van der Waals surface area contributed by atoms with E-state index < -0.39 is 5.54 Å². The molecule has 2 aromatic rings. The van der Waals surface area contributed by atoms with Crippen molar-refractivity contribution in [3.05, 3.63) is 59.9 Å². The molecule has 0 unspecified atom stereocenters. The van der Waals surface area contributed by atoms with Gasteiger partial charge < -0.3 is 19.5 Å². The summed E-state index contributed by atoms with van der Waals surface area (Å²) >= 11 is 0. The van der Waals surface area contributed by atoms with Gasteiger partial charge in [-0.3, -0.25) is 4.79 Å². The molecule has 0 spiro atoms. The van der Waals surface area contributed by atoms with Crippen molar-refractivity contribution < 1.29 is 14.3 Å². The molecule has 2 heterocycles. The summed E-state index contributed by atoms with van der Waals surface area (Å²) in [4.78, 5) is 27.7. The second-order valence-electron chi connectivity index (χ2n) is 9.01. The molecular weight excluding hydrogens is 406 g/mol. The Balaban J connectivity index is 1.86. The fourth-order valence-corrected chi connectivity index (χ4v) is 3.68. The summed E-state index contributed by atoms with van der Waals surface area (Å²) in [6.45, 7) is 6.28. The summed E-state index contributed by atoms with van der Waals surface area (Å²) in [6, 6.07) is 13.3.